The van der Waals surface area contributed by atoms with Gasteiger partial charge in [0.1, 0.15) is 5.71 Å². The quantitative estimate of drug-likeness (QED) is 0.416. The standard InChI is InChI=1S/C28H19N5O2/c29-9-3-1-5-15-7-8-21-24(17(15)6-2-4-10-30)25-20-14-31-13-19(20)23-18-11-16(34)12-22(35)26(18)33-27(23)28(25)32-21/h7-8,11,13-14H,1-6,12H2. The summed E-state index contributed by atoms with van der Waals surface area (Å²) in [4.78, 5) is 38.9. The predicted molar refractivity (Wildman–Crippen MR) is 131 cm³/mol. The van der Waals surface area contributed by atoms with E-state index in [1.807, 2.05) is 12.3 Å². The first-order chi connectivity index (χ1) is 17.1. The lowest BCUT2D eigenvalue weighted by Crippen LogP contribution is -2.25. The zero-order valence-electron chi connectivity index (χ0n) is 18.9. The van der Waals surface area contributed by atoms with E-state index in [0.717, 1.165) is 70.0 Å². The Morgan fingerprint density at radius 1 is 0.943 bits per heavy atom. The van der Waals surface area contributed by atoms with Crippen molar-refractivity contribution in [3.63, 3.8) is 0 Å². The van der Waals surface area contributed by atoms with Crippen LogP contribution in [0.2, 0.25) is 0 Å². The topological polar surface area (TPSA) is 119 Å². The van der Waals surface area contributed by atoms with Gasteiger partial charge in [-0.2, -0.15) is 10.5 Å². The van der Waals surface area contributed by atoms with Gasteiger partial charge in [-0.05, 0) is 49.0 Å². The van der Waals surface area contributed by atoms with Crippen LogP contribution in [-0.4, -0.2) is 23.5 Å². The minimum absolute atomic E-state index is 0.159. The molecule has 0 aromatic heterocycles. The van der Waals surface area contributed by atoms with Gasteiger partial charge >= 0.3 is 0 Å². The molecule has 2 aromatic carbocycles. The number of hydrogen-bond acceptors (Lipinski definition) is 7. The summed E-state index contributed by atoms with van der Waals surface area (Å²) >= 11 is 0. The Labute approximate surface area is 201 Å². The maximum absolute atomic E-state index is 12.6. The molecule has 2 aromatic rings. The van der Waals surface area contributed by atoms with Crippen molar-refractivity contribution in [3.8, 4) is 23.3 Å². The number of nitrogens with zero attached hydrogens (tertiary/aromatic N) is 5. The molecule has 0 unspecified atom stereocenters. The fraction of sp³-hybridized carbons (Fsp3) is 0.250. The van der Waals surface area contributed by atoms with E-state index in [1.54, 1.807) is 6.20 Å². The third kappa shape index (κ3) is 3.13. The van der Waals surface area contributed by atoms with Crippen molar-refractivity contribution < 1.29 is 9.59 Å². The second-order valence-corrected chi connectivity index (χ2v) is 9.00. The molecule has 7 heteroatoms. The third-order valence-corrected chi connectivity index (χ3v) is 6.91. The molecule has 0 spiro atoms. The average Bonchev–Trinajstić information content (AvgIpc) is 3.55. The van der Waals surface area contributed by atoms with Gasteiger partial charge < -0.3 is 0 Å². The SMILES string of the molecule is N#CCCCc1ccc2c(c1CCCC#N)-c1c3c(c4c(c1=N2)N=C1C(=O)CC(=O)C=C14)=CN=C3. The van der Waals surface area contributed by atoms with Crippen LogP contribution in [0.4, 0.5) is 11.4 Å². The minimum Gasteiger partial charge on any atom is -0.294 e. The lowest BCUT2D eigenvalue weighted by Gasteiger charge is -2.16. The summed E-state index contributed by atoms with van der Waals surface area (Å²) in [5.74, 6) is -0.482. The number of nitriles is 2. The molecule has 0 bridgehead atoms. The van der Waals surface area contributed by atoms with Gasteiger partial charge in [0.2, 0.25) is 0 Å². The van der Waals surface area contributed by atoms with E-state index in [2.05, 4.69) is 23.2 Å². The number of ketones is 2. The summed E-state index contributed by atoms with van der Waals surface area (Å²) in [6.45, 7) is 0. The Morgan fingerprint density at radius 2 is 1.74 bits per heavy atom. The molecule has 0 saturated carbocycles. The molecule has 0 amide bonds. The van der Waals surface area contributed by atoms with Crippen molar-refractivity contribution in [2.75, 3.05) is 0 Å². The summed E-state index contributed by atoms with van der Waals surface area (Å²) in [5, 5.41) is 19.7. The van der Waals surface area contributed by atoms with Crippen LogP contribution < -0.4 is 10.6 Å². The van der Waals surface area contributed by atoms with Crippen LogP contribution in [0, 0.1) is 22.7 Å². The van der Waals surface area contributed by atoms with Gasteiger partial charge in [-0.3, -0.25) is 14.6 Å². The van der Waals surface area contributed by atoms with Crippen LogP contribution in [0.5, 0.6) is 0 Å². The Morgan fingerprint density at radius 3 is 2.54 bits per heavy atom. The zero-order chi connectivity index (χ0) is 24.1. The number of allylic oxidation sites excluding steroid dienone is 2. The fourth-order valence-electron chi connectivity index (χ4n) is 5.45. The van der Waals surface area contributed by atoms with Crippen molar-refractivity contribution in [2.24, 2.45) is 15.0 Å². The summed E-state index contributed by atoms with van der Waals surface area (Å²) in [5.41, 5.74) is 8.30. The number of rotatable bonds is 6. The number of Topliss-reactive ketones (excluding diaryl/α,β-unsaturated/α-hetero) is 1. The number of carbonyl (C=O) groups is 2. The first-order valence-electron chi connectivity index (χ1n) is 11.7. The lowest BCUT2D eigenvalue weighted by molar-refractivity contribution is -0.121. The fourth-order valence-corrected chi connectivity index (χ4v) is 5.45. The zero-order valence-corrected chi connectivity index (χ0v) is 18.9. The number of carbonyl (C=O) groups excluding carboxylic acids is 2. The lowest BCUT2D eigenvalue weighted by atomic mass is 9.85. The van der Waals surface area contributed by atoms with E-state index in [0.29, 0.717) is 35.2 Å². The molecule has 0 N–H and O–H groups in total. The summed E-state index contributed by atoms with van der Waals surface area (Å²) in [7, 11) is 0. The number of aryl methyl sites for hydroxylation is 1. The number of aliphatic imine (C=N–C) groups is 2. The van der Waals surface area contributed by atoms with Crippen molar-refractivity contribution in [1.82, 2.24) is 0 Å². The van der Waals surface area contributed by atoms with Gasteiger partial charge in [0.05, 0.1) is 35.3 Å². The van der Waals surface area contributed by atoms with Gasteiger partial charge in [0.15, 0.2) is 11.6 Å². The maximum Gasteiger partial charge on any atom is 0.189 e. The highest BCUT2D eigenvalue weighted by atomic mass is 16.1. The highest BCUT2D eigenvalue weighted by Gasteiger charge is 2.37. The van der Waals surface area contributed by atoms with Gasteiger partial charge in [-0.1, -0.05) is 6.07 Å². The summed E-state index contributed by atoms with van der Waals surface area (Å²) in [6, 6.07) is 8.52. The van der Waals surface area contributed by atoms with Crippen molar-refractivity contribution >= 4 is 46.6 Å². The summed E-state index contributed by atoms with van der Waals surface area (Å²) in [6.07, 6.45) is 8.88. The number of fused-ring (bicyclic) bond motifs is 10. The van der Waals surface area contributed by atoms with E-state index in [4.69, 9.17) is 20.5 Å². The average molecular weight is 457 g/mol. The minimum atomic E-state index is -0.266. The summed E-state index contributed by atoms with van der Waals surface area (Å²) < 4.78 is 0. The van der Waals surface area contributed by atoms with Crippen LogP contribution >= 0.6 is 0 Å². The van der Waals surface area contributed by atoms with Crippen LogP contribution in [-0.2, 0) is 22.4 Å². The largest absolute Gasteiger partial charge is 0.294 e. The van der Waals surface area contributed by atoms with E-state index in [9.17, 15) is 9.59 Å². The molecule has 3 aliphatic heterocycles. The van der Waals surface area contributed by atoms with Crippen molar-refractivity contribution in [1.29, 1.82) is 10.5 Å². The maximum atomic E-state index is 12.6. The highest BCUT2D eigenvalue weighted by Crippen LogP contribution is 2.44. The molecule has 35 heavy (non-hydrogen) atoms. The Kier molecular flexibility index (Phi) is 4.86. The Bertz CT molecular complexity index is 1680. The number of unbranched alkanes of at least 4 members (excludes halogenated alkanes) is 2. The molecule has 4 aliphatic rings. The Hall–Kier alpha value is -4.49. The molecule has 0 radical (unpaired) electrons. The molecule has 168 valence electrons. The molecule has 0 saturated heterocycles. The van der Waals surface area contributed by atoms with Crippen molar-refractivity contribution in [2.45, 2.75) is 44.9 Å². The predicted octanol–water partition coefficient (Wildman–Crippen LogP) is 3.49. The first kappa shape index (κ1) is 21.1. The molecular formula is C28H19N5O2. The van der Waals surface area contributed by atoms with Crippen molar-refractivity contribution in [3.05, 3.63) is 51.0 Å². The van der Waals surface area contributed by atoms with E-state index in [1.165, 1.54) is 6.08 Å². The van der Waals surface area contributed by atoms with Crippen LogP contribution in [0.3, 0.4) is 0 Å². The molecule has 6 rings (SSSR count). The first-order valence-corrected chi connectivity index (χ1v) is 11.7. The third-order valence-electron chi connectivity index (χ3n) is 6.91. The van der Waals surface area contributed by atoms with Crippen LogP contribution in [0.1, 0.15) is 54.4 Å². The molecule has 7 nitrogen and oxygen atoms in total. The van der Waals surface area contributed by atoms with Gasteiger partial charge in [0.25, 0.3) is 0 Å². The molecule has 0 fully saturated rings. The second kappa shape index (κ2) is 8.07. The molecule has 3 heterocycles. The molecule has 1 aliphatic carbocycles. The molecule has 0 atom stereocenters. The smallest absolute Gasteiger partial charge is 0.189 e. The number of hydrogen-bond donors (Lipinski definition) is 0. The highest BCUT2D eigenvalue weighted by molar-refractivity contribution is 6.63. The normalized spacial score (nSPS) is 15.6. The van der Waals surface area contributed by atoms with E-state index in [-0.39, 0.29) is 18.0 Å². The van der Waals surface area contributed by atoms with Crippen LogP contribution in [0.25, 0.3) is 22.9 Å². The van der Waals surface area contributed by atoms with Gasteiger partial charge in [0, 0.05) is 58.3 Å². The van der Waals surface area contributed by atoms with Gasteiger partial charge in [-0.15, -0.1) is 0 Å². The second-order valence-electron chi connectivity index (χ2n) is 9.00. The van der Waals surface area contributed by atoms with Gasteiger partial charge in [-0.25, -0.2) is 9.98 Å². The van der Waals surface area contributed by atoms with E-state index < -0.39 is 0 Å². The van der Waals surface area contributed by atoms with E-state index >= 15 is 0 Å². The monoisotopic (exact) mass is 457 g/mol. The number of benzene rings is 2. The molecular weight excluding hydrogens is 438 g/mol. The Balaban J connectivity index is 1.61. The van der Waals surface area contributed by atoms with Crippen LogP contribution in [0.15, 0.2) is 33.2 Å².